The number of fused-ring (bicyclic) bond motifs is 1. The van der Waals surface area contributed by atoms with Crippen molar-refractivity contribution in [3.05, 3.63) is 29.7 Å². The van der Waals surface area contributed by atoms with Gasteiger partial charge in [-0.15, -0.1) is 22.6 Å². The van der Waals surface area contributed by atoms with E-state index in [1.807, 2.05) is 22.7 Å². The molecule has 2 N–H and O–H groups in total. The lowest BCUT2D eigenvalue weighted by molar-refractivity contribution is 0.757. The summed E-state index contributed by atoms with van der Waals surface area (Å²) in [6.45, 7) is 4.75. The molecule has 4 nitrogen and oxygen atoms in total. The Labute approximate surface area is 94.9 Å². The summed E-state index contributed by atoms with van der Waals surface area (Å²) in [6, 6.07) is 3.93. The van der Waals surface area contributed by atoms with E-state index in [1.165, 1.54) is 0 Å². The van der Waals surface area contributed by atoms with E-state index in [1.54, 1.807) is 0 Å². The van der Waals surface area contributed by atoms with Gasteiger partial charge >= 0.3 is 0 Å². The minimum absolute atomic E-state index is 0. The first-order chi connectivity index (χ1) is 6.72. The van der Waals surface area contributed by atoms with Crippen LogP contribution >= 0.6 is 12.4 Å². The third-order valence-corrected chi connectivity index (χ3v) is 2.24. The van der Waals surface area contributed by atoms with E-state index in [0.717, 1.165) is 17.0 Å². The summed E-state index contributed by atoms with van der Waals surface area (Å²) in [6.07, 6.45) is 2.00. The van der Waals surface area contributed by atoms with Crippen molar-refractivity contribution in [2.75, 3.05) is 0 Å². The van der Waals surface area contributed by atoms with Crippen LogP contribution < -0.4 is 5.73 Å². The average Bonchev–Trinajstić information content (AvgIpc) is 2.59. The fourth-order valence-electron chi connectivity index (χ4n) is 1.47. The number of rotatable bonds is 2. The summed E-state index contributed by atoms with van der Waals surface area (Å²) in [5, 5.41) is 8.23. The van der Waals surface area contributed by atoms with E-state index in [2.05, 4.69) is 24.0 Å². The molecule has 0 aliphatic carbocycles. The first-order valence-corrected chi connectivity index (χ1v) is 4.76. The van der Waals surface area contributed by atoms with Crippen LogP contribution in [0.1, 0.15) is 31.2 Å². The third kappa shape index (κ3) is 2.11. The quantitative estimate of drug-likeness (QED) is 0.849. The Morgan fingerprint density at radius 2 is 2.07 bits per heavy atom. The highest BCUT2D eigenvalue weighted by Crippen LogP contribution is 2.14. The minimum Gasteiger partial charge on any atom is -0.326 e. The van der Waals surface area contributed by atoms with Gasteiger partial charge in [-0.3, -0.25) is 4.40 Å². The molecule has 0 fully saturated rings. The van der Waals surface area contributed by atoms with Crippen LogP contribution in [-0.4, -0.2) is 14.6 Å². The summed E-state index contributed by atoms with van der Waals surface area (Å²) in [5.41, 5.74) is 7.56. The lowest BCUT2D eigenvalue weighted by Crippen LogP contribution is -2.01. The Hall–Kier alpha value is -1.13. The van der Waals surface area contributed by atoms with Gasteiger partial charge in [0, 0.05) is 18.7 Å². The molecule has 0 atom stereocenters. The summed E-state index contributed by atoms with van der Waals surface area (Å²) in [4.78, 5) is 0. The Morgan fingerprint density at radius 3 is 2.67 bits per heavy atom. The lowest BCUT2D eigenvalue weighted by atomic mass is 10.2. The van der Waals surface area contributed by atoms with E-state index < -0.39 is 0 Å². The zero-order valence-electron chi connectivity index (χ0n) is 8.84. The van der Waals surface area contributed by atoms with Crippen LogP contribution in [0.4, 0.5) is 0 Å². The smallest absolute Gasteiger partial charge is 0.160 e. The van der Waals surface area contributed by atoms with Gasteiger partial charge in [-0.2, -0.15) is 0 Å². The molecule has 15 heavy (non-hydrogen) atoms. The van der Waals surface area contributed by atoms with Gasteiger partial charge in [0.2, 0.25) is 0 Å². The van der Waals surface area contributed by atoms with E-state index in [9.17, 15) is 0 Å². The van der Waals surface area contributed by atoms with E-state index >= 15 is 0 Å². The van der Waals surface area contributed by atoms with Gasteiger partial charge in [-0.25, -0.2) is 0 Å². The zero-order chi connectivity index (χ0) is 10.1. The zero-order valence-corrected chi connectivity index (χ0v) is 9.66. The molecule has 0 aliphatic rings. The number of pyridine rings is 1. The molecular formula is C10H15ClN4. The standard InChI is InChI=1S/C10H14N4.ClH/c1-7(2)10-13-12-9-4-3-8(5-11)6-14(9)10;/h3-4,6-7H,5,11H2,1-2H3;1H. The maximum Gasteiger partial charge on any atom is 0.160 e. The van der Waals surface area contributed by atoms with Crippen molar-refractivity contribution in [2.24, 2.45) is 5.73 Å². The molecular weight excluding hydrogens is 212 g/mol. The van der Waals surface area contributed by atoms with Gasteiger partial charge in [-0.05, 0) is 11.6 Å². The van der Waals surface area contributed by atoms with Crippen molar-refractivity contribution in [1.82, 2.24) is 14.6 Å². The Morgan fingerprint density at radius 1 is 1.33 bits per heavy atom. The van der Waals surface area contributed by atoms with E-state index in [-0.39, 0.29) is 12.4 Å². The number of nitrogens with two attached hydrogens (primary N) is 1. The SMILES string of the molecule is CC(C)c1nnc2ccc(CN)cn12.Cl. The Bertz CT molecular complexity index is 450. The van der Waals surface area contributed by atoms with Gasteiger partial charge in [0.1, 0.15) is 5.82 Å². The molecule has 0 aliphatic heterocycles. The molecule has 2 rings (SSSR count). The average molecular weight is 227 g/mol. The van der Waals surface area contributed by atoms with Crippen molar-refractivity contribution >= 4 is 18.1 Å². The van der Waals surface area contributed by atoms with Crippen LogP contribution in [0.5, 0.6) is 0 Å². The van der Waals surface area contributed by atoms with Gasteiger partial charge in [0.25, 0.3) is 0 Å². The summed E-state index contributed by atoms with van der Waals surface area (Å²) in [7, 11) is 0. The van der Waals surface area contributed by atoms with Crippen molar-refractivity contribution < 1.29 is 0 Å². The van der Waals surface area contributed by atoms with Crippen molar-refractivity contribution in [2.45, 2.75) is 26.3 Å². The maximum absolute atomic E-state index is 5.58. The predicted molar refractivity (Wildman–Crippen MR) is 62.2 cm³/mol. The number of aromatic nitrogens is 3. The Balaban J connectivity index is 0.00000112. The Kier molecular flexibility index (Phi) is 3.66. The van der Waals surface area contributed by atoms with E-state index in [0.29, 0.717) is 12.5 Å². The van der Waals surface area contributed by atoms with Crippen LogP contribution in [0.3, 0.4) is 0 Å². The van der Waals surface area contributed by atoms with Crippen molar-refractivity contribution in [3.8, 4) is 0 Å². The molecule has 0 saturated carbocycles. The molecule has 5 heteroatoms. The molecule has 82 valence electrons. The molecule has 0 unspecified atom stereocenters. The number of nitrogens with zero attached hydrogens (tertiary/aromatic N) is 3. The highest BCUT2D eigenvalue weighted by Gasteiger charge is 2.08. The normalized spacial score (nSPS) is 10.7. The minimum atomic E-state index is 0. The predicted octanol–water partition coefficient (Wildman–Crippen LogP) is 1.73. The number of hydrogen-bond acceptors (Lipinski definition) is 3. The molecule has 0 spiro atoms. The van der Waals surface area contributed by atoms with Crippen molar-refractivity contribution in [3.63, 3.8) is 0 Å². The van der Waals surface area contributed by atoms with Gasteiger partial charge in [0.15, 0.2) is 5.65 Å². The van der Waals surface area contributed by atoms with Gasteiger partial charge in [0.05, 0.1) is 0 Å². The van der Waals surface area contributed by atoms with Crippen LogP contribution in [0, 0.1) is 0 Å². The molecule has 0 radical (unpaired) electrons. The first-order valence-electron chi connectivity index (χ1n) is 4.76. The third-order valence-electron chi connectivity index (χ3n) is 2.24. The highest BCUT2D eigenvalue weighted by atomic mass is 35.5. The summed E-state index contributed by atoms with van der Waals surface area (Å²) >= 11 is 0. The molecule has 0 saturated heterocycles. The molecule has 0 bridgehead atoms. The number of halogens is 1. The number of hydrogen-bond donors (Lipinski definition) is 1. The van der Waals surface area contributed by atoms with Crippen LogP contribution in [0.25, 0.3) is 5.65 Å². The van der Waals surface area contributed by atoms with Crippen LogP contribution in [0.15, 0.2) is 18.3 Å². The van der Waals surface area contributed by atoms with Gasteiger partial charge < -0.3 is 5.73 Å². The largest absolute Gasteiger partial charge is 0.326 e. The fraction of sp³-hybridized carbons (Fsp3) is 0.400. The van der Waals surface area contributed by atoms with Gasteiger partial charge in [-0.1, -0.05) is 19.9 Å². The second kappa shape index (κ2) is 4.59. The molecule has 2 aromatic heterocycles. The first kappa shape index (κ1) is 11.9. The highest BCUT2D eigenvalue weighted by molar-refractivity contribution is 5.85. The topological polar surface area (TPSA) is 56.2 Å². The van der Waals surface area contributed by atoms with Crippen LogP contribution in [0.2, 0.25) is 0 Å². The maximum atomic E-state index is 5.58. The second-order valence-electron chi connectivity index (χ2n) is 3.68. The van der Waals surface area contributed by atoms with Crippen LogP contribution in [-0.2, 0) is 6.54 Å². The summed E-state index contributed by atoms with van der Waals surface area (Å²) in [5.74, 6) is 1.35. The molecule has 2 aromatic rings. The van der Waals surface area contributed by atoms with E-state index in [4.69, 9.17) is 5.73 Å². The second-order valence-corrected chi connectivity index (χ2v) is 3.68. The monoisotopic (exact) mass is 226 g/mol. The lowest BCUT2D eigenvalue weighted by Gasteiger charge is -2.03. The van der Waals surface area contributed by atoms with Crippen molar-refractivity contribution in [1.29, 1.82) is 0 Å². The summed E-state index contributed by atoms with van der Waals surface area (Å²) < 4.78 is 2.01. The fourth-order valence-corrected chi connectivity index (χ4v) is 1.47. The molecule has 0 amide bonds. The molecule has 2 heterocycles. The molecule has 0 aromatic carbocycles.